The van der Waals surface area contributed by atoms with E-state index in [0.717, 1.165) is 5.56 Å². The van der Waals surface area contributed by atoms with Crippen LogP contribution in [0.5, 0.6) is 5.75 Å². The smallest absolute Gasteiger partial charge is 0.303 e. The molecule has 1 N–H and O–H groups in total. The Labute approximate surface area is 137 Å². The van der Waals surface area contributed by atoms with Gasteiger partial charge in [0.25, 0.3) is 0 Å². The van der Waals surface area contributed by atoms with Gasteiger partial charge in [0, 0.05) is 19.0 Å². The van der Waals surface area contributed by atoms with E-state index in [1.807, 2.05) is 13.8 Å². The summed E-state index contributed by atoms with van der Waals surface area (Å²) in [6.07, 6.45) is 0.467. The lowest BCUT2D eigenvalue weighted by Gasteiger charge is -2.43. The summed E-state index contributed by atoms with van der Waals surface area (Å²) in [5.74, 6) is 0.103. The number of carbonyl (C=O) groups is 1. The van der Waals surface area contributed by atoms with Crippen molar-refractivity contribution >= 4 is 16.0 Å². The van der Waals surface area contributed by atoms with Gasteiger partial charge in [0.2, 0.25) is 10.0 Å². The lowest BCUT2D eigenvalue weighted by molar-refractivity contribution is -0.137. The number of carboxylic acid groups (broad SMARTS) is 1. The molecule has 1 aliphatic heterocycles. The predicted octanol–water partition coefficient (Wildman–Crippen LogP) is 2.27. The van der Waals surface area contributed by atoms with Crippen molar-refractivity contribution in [3.8, 4) is 5.75 Å². The number of aryl methyl sites for hydroxylation is 1. The first-order chi connectivity index (χ1) is 10.7. The first-order valence-electron chi connectivity index (χ1n) is 7.70. The van der Waals surface area contributed by atoms with Crippen LogP contribution in [0.2, 0.25) is 0 Å². The van der Waals surface area contributed by atoms with E-state index < -0.39 is 16.0 Å². The summed E-state index contributed by atoms with van der Waals surface area (Å²) in [6, 6.07) is 4.81. The quantitative estimate of drug-likeness (QED) is 0.769. The zero-order valence-corrected chi connectivity index (χ0v) is 14.5. The minimum Gasteiger partial charge on any atom is -0.493 e. The van der Waals surface area contributed by atoms with Gasteiger partial charge in [0.1, 0.15) is 5.75 Å². The molecule has 23 heavy (non-hydrogen) atoms. The number of ether oxygens (including phenoxy) is 1. The van der Waals surface area contributed by atoms with Crippen LogP contribution in [0.15, 0.2) is 23.1 Å². The Morgan fingerprint density at radius 1 is 1.39 bits per heavy atom. The fourth-order valence-electron chi connectivity index (χ4n) is 2.55. The normalized spacial score (nSPS) is 21.7. The van der Waals surface area contributed by atoms with Crippen LogP contribution in [0.1, 0.15) is 32.3 Å². The summed E-state index contributed by atoms with van der Waals surface area (Å²) in [5.41, 5.74) is 0.725. The molecule has 0 aliphatic carbocycles. The molecule has 128 valence electrons. The molecule has 1 fully saturated rings. The van der Waals surface area contributed by atoms with Gasteiger partial charge in [-0.2, -0.15) is 4.31 Å². The molecule has 0 saturated carbocycles. The van der Waals surface area contributed by atoms with Crippen molar-refractivity contribution in [1.29, 1.82) is 0 Å². The van der Waals surface area contributed by atoms with E-state index in [4.69, 9.17) is 9.84 Å². The number of benzene rings is 1. The maximum absolute atomic E-state index is 12.6. The Morgan fingerprint density at radius 3 is 2.61 bits per heavy atom. The second kappa shape index (κ2) is 6.88. The van der Waals surface area contributed by atoms with Crippen LogP contribution in [0, 0.1) is 12.8 Å². The van der Waals surface area contributed by atoms with Crippen molar-refractivity contribution in [3.63, 3.8) is 0 Å². The second-order valence-corrected chi connectivity index (χ2v) is 7.96. The van der Waals surface area contributed by atoms with E-state index in [0.29, 0.717) is 31.2 Å². The van der Waals surface area contributed by atoms with Crippen LogP contribution in [0.4, 0.5) is 0 Å². The molecule has 0 amide bonds. The van der Waals surface area contributed by atoms with Gasteiger partial charge < -0.3 is 9.84 Å². The average Bonchev–Trinajstić information content (AvgIpc) is 2.49. The lowest BCUT2D eigenvalue weighted by atomic mass is 9.96. The highest BCUT2D eigenvalue weighted by atomic mass is 32.2. The molecule has 6 nitrogen and oxygen atoms in total. The molecule has 2 unspecified atom stereocenters. The van der Waals surface area contributed by atoms with Crippen LogP contribution in [0.25, 0.3) is 0 Å². The Balaban J connectivity index is 2.05. The van der Waals surface area contributed by atoms with E-state index >= 15 is 0 Å². The van der Waals surface area contributed by atoms with E-state index in [1.165, 1.54) is 4.31 Å². The van der Waals surface area contributed by atoms with Gasteiger partial charge in [0.05, 0.1) is 11.5 Å². The van der Waals surface area contributed by atoms with Crippen LogP contribution < -0.4 is 4.74 Å². The molecule has 0 bridgehead atoms. The first-order valence-corrected chi connectivity index (χ1v) is 9.14. The minimum atomic E-state index is -3.46. The van der Waals surface area contributed by atoms with Gasteiger partial charge in [-0.05, 0) is 49.9 Å². The number of carboxylic acids is 1. The monoisotopic (exact) mass is 341 g/mol. The SMILES string of the molecule is Cc1cc(S(=O)(=O)N2CC(C)C2C)ccc1OCCCC(=O)O. The number of rotatable bonds is 7. The number of hydrogen-bond acceptors (Lipinski definition) is 4. The maximum Gasteiger partial charge on any atom is 0.303 e. The Bertz CT molecular complexity index is 686. The third-order valence-electron chi connectivity index (χ3n) is 4.29. The van der Waals surface area contributed by atoms with E-state index in [2.05, 4.69) is 0 Å². The minimum absolute atomic E-state index is 0.0206. The highest BCUT2D eigenvalue weighted by Gasteiger charge is 2.41. The van der Waals surface area contributed by atoms with Gasteiger partial charge in [-0.25, -0.2) is 8.42 Å². The zero-order chi connectivity index (χ0) is 17.2. The van der Waals surface area contributed by atoms with Gasteiger partial charge in [0.15, 0.2) is 0 Å². The molecule has 7 heteroatoms. The topological polar surface area (TPSA) is 83.9 Å². The molecule has 2 rings (SSSR count). The number of sulfonamides is 1. The van der Waals surface area contributed by atoms with Crippen LogP contribution >= 0.6 is 0 Å². The van der Waals surface area contributed by atoms with E-state index in [1.54, 1.807) is 25.1 Å². The third kappa shape index (κ3) is 3.84. The van der Waals surface area contributed by atoms with Gasteiger partial charge >= 0.3 is 5.97 Å². The molecular weight excluding hydrogens is 318 g/mol. The van der Waals surface area contributed by atoms with Crippen molar-refractivity contribution in [1.82, 2.24) is 4.31 Å². The molecular formula is C16H23NO5S. The molecule has 0 spiro atoms. The fraction of sp³-hybridized carbons (Fsp3) is 0.562. The molecule has 2 atom stereocenters. The van der Waals surface area contributed by atoms with Crippen molar-refractivity contribution < 1.29 is 23.1 Å². The summed E-state index contributed by atoms with van der Waals surface area (Å²) in [7, 11) is -3.46. The molecule has 0 aromatic heterocycles. The van der Waals surface area contributed by atoms with Crippen molar-refractivity contribution in [2.45, 2.75) is 44.6 Å². The molecule has 1 aliphatic rings. The van der Waals surface area contributed by atoms with Crippen LogP contribution in [0.3, 0.4) is 0 Å². The summed E-state index contributed by atoms with van der Waals surface area (Å²) >= 11 is 0. The van der Waals surface area contributed by atoms with E-state index in [-0.39, 0.29) is 17.4 Å². The molecule has 1 aromatic carbocycles. The van der Waals surface area contributed by atoms with Crippen LogP contribution in [-0.4, -0.2) is 43.0 Å². The Kier molecular flexibility index (Phi) is 5.31. The molecule has 0 radical (unpaired) electrons. The molecule has 1 aromatic rings. The summed E-state index contributed by atoms with van der Waals surface area (Å²) in [6.45, 7) is 6.58. The average molecular weight is 341 g/mol. The van der Waals surface area contributed by atoms with Crippen LogP contribution in [-0.2, 0) is 14.8 Å². The zero-order valence-electron chi connectivity index (χ0n) is 13.7. The highest BCUT2D eigenvalue weighted by Crippen LogP contribution is 2.32. The van der Waals surface area contributed by atoms with Crippen molar-refractivity contribution in [2.24, 2.45) is 5.92 Å². The summed E-state index contributed by atoms with van der Waals surface area (Å²) < 4.78 is 32.2. The third-order valence-corrected chi connectivity index (χ3v) is 6.24. The summed E-state index contributed by atoms with van der Waals surface area (Å²) in [5, 5.41) is 8.59. The van der Waals surface area contributed by atoms with Crippen molar-refractivity contribution in [2.75, 3.05) is 13.2 Å². The fourth-order valence-corrected chi connectivity index (χ4v) is 4.46. The Hall–Kier alpha value is -1.60. The van der Waals surface area contributed by atoms with Gasteiger partial charge in [-0.1, -0.05) is 6.92 Å². The maximum atomic E-state index is 12.6. The van der Waals surface area contributed by atoms with Gasteiger partial charge in [-0.15, -0.1) is 0 Å². The first kappa shape index (κ1) is 17.7. The molecule has 1 heterocycles. The Morgan fingerprint density at radius 2 is 2.09 bits per heavy atom. The predicted molar refractivity (Wildman–Crippen MR) is 86.1 cm³/mol. The lowest BCUT2D eigenvalue weighted by Crippen LogP contribution is -2.55. The van der Waals surface area contributed by atoms with Crippen molar-refractivity contribution in [3.05, 3.63) is 23.8 Å². The number of hydrogen-bond donors (Lipinski definition) is 1. The van der Waals surface area contributed by atoms with Gasteiger partial charge in [-0.3, -0.25) is 4.79 Å². The number of nitrogens with zero attached hydrogens (tertiary/aromatic N) is 1. The standard InChI is InChI=1S/C16H23NO5S/c1-11-9-14(23(20,21)17-10-12(2)13(17)3)6-7-15(11)22-8-4-5-16(18)19/h6-7,9,12-13H,4-5,8,10H2,1-3H3,(H,18,19). The highest BCUT2D eigenvalue weighted by molar-refractivity contribution is 7.89. The van der Waals surface area contributed by atoms with E-state index in [9.17, 15) is 13.2 Å². The number of aliphatic carboxylic acids is 1. The summed E-state index contributed by atoms with van der Waals surface area (Å²) in [4.78, 5) is 10.7. The second-order valence-electron chi connectivity index (χ2n) is 6.07. The molecule has 1 saturated heterocycles. The largest absolute Gasteiger partial charge is 0.493 e.